The minimum absolute atomic E-state index is 0.0230. The van der Waals surface area contributed by atoms with Crippen LogP contribution in [0, 0.1) is 13.8 Å². The van der Waals surface area contributed by atoms with Gasteiger partial charge in [0.1, 0.15) is 5.54 Å². The molecule has 1 heterocycles. The molecule has 0 saturated heterocycles. The molecule has 0 saturated carbocycles. The second kappa shape index (κ2) is 6.80. The zero-order valence-electron chi connectivity index (χ0n) is 18.1. The van der Waals surface area contributed by atoms with E-state index in [4.69, 9.17) is 0 Å². The first-order valence-electron chi connectivity index (χ1n) is 11.0. The van der Waals surface area contributed by atoms with Gasteiger partial charge in [-0.15, -0.1) is 0 Å². The number of benzene rings is 4. The van der Waals surface area contributed by atoms with Crippen LogP contribution in [0.5, 0.6) is 0 Å². The number of carbonyl (C=O) groups excluding carboxylic acids is 1. The molecule has 0 aromatic heterocycles. The molecule has 1 aliphatic carbocycles. The fourth-order valence-corrected chi connectivity index (χ4v) is 5.31. The van der Waals surface area contributed by atoms with E-state index in [1.807, 2.05) is 18.2 Å². The van der Waals surface area contributed by atoms with Crippen LogP contribution >= 0.6 is 0 Å². The van der Waals surface area contributed by atoms with Crippen LogP contribution in [0.1, 0.15) is 49.3 Å². The molecule has 1 spiro atoms. The van der Waals surface area contributed by atoms with Crippen molar-refractivity contribution < 1.29 is 4.79 Å². The minimum Gasteiger partial charge on any atom is -0.334 e. The summed E-state index contributed by atoms with van der Waals surface area (Å²) in [7, 11) is 0. The molecular formula is C30H23NO. The maximum Gasteiger partial charge on any atom is 0.252 e. The SMILES string of the molecule is Cc1ccc(C2=C(c3ccc(C)cc3)C3(NC(=O)c4ccccc43)c3ccccc32)cc1. The molecular weight excluding hydrogens is 390 g/mol. The Morgan fingerprint density at radius 1 is 0.594 bits per heavy atom. The third-order valence-electron chi connectivity index (χ3n) is 6.78. The monoisotopic (exact) mass is 413 g/mol. The van der Waals surface area contributed by atoms with Crippen molar-refractivity contribution in [3.63, 3.8) is 0 Å². The minimum atomic E-state index is -0.709. The highest BCUT2D eigenvalue weighted by molar-refractivity contribution is 6.14. The molecule has 2 heteroatoms. The van der Waals surface area contributed by atoms with Crippen molar-refractivity contribution in [1.82, 2.24) is 5.32 Å². The summed E-state index contributed by atoms with van der Waals surface area (Å²) in [5, 5.41) is 3.43. The van der Waals surface area contributed by atoms with Crippen molar-refractivity contribution >= 4 is 17.1 Å². The summed E-state index contributed by atoms with van der Waals surface area (Å²) in [5.41, 5.74) is 10.4. The predicted octanol–water partition coefficient (Wildman–Crippen LogP) is 6.26. The van der Waals surface area contributed by atoms with E-state index in [0.29, 0.717) is 0 Å². The second-order valence-electron chi connectivity index (χ2n) is 8.78. The Kier molecular flexibility index (Phi) is 4.00. The standard InChI is InChI=1S/C30H23NO/c1-19-11-15-21(16-12-19)27-23-7-3-5-9-25(23)30(28(27)22-17-13-20(2)14-18-22)26-10-6-4-8-24(26)29(32)31-30/h3-18H,1-2H3,(H,31,32). The lowest BCUT2D eigenvalue weighted by atomic mass is 9.77. The molecule has 1 N–H and O–H groups in total. The van der Waals surface area contributed by atoms with Crippen LogP contribution < -0.4 is 5.32 Å². The fraction of sp³-hybridized carbons (Fsp3) is 0.100. The summed E-state index contributed by atoms with van der Waals surface area (Å²) < 4.78 is 0. The van der Waals surface area contributed by atoms with E-state index in [1.54, 1.807) is 0 Å². The van der Waals surface area contributed by atoms with Gasteiger partial charge >= 0.3 is 0 Å². The number of amides is 1. The first-order valence-corrected chi connectivity index (χ1v) is 11.0. The van der Waals surface area contributed by atoms with Crippen LogP contribution in [-0.2, 0) is 5.54 Å². The molecule has 1 amide bonds. The van der Waals surface area contributed by atoms with Crippen molar-refractivity contribution in [2.45, 2.75) is 19.4 Å². The van der Waals surface area contributed by atoms with Crippen molar-refractivity contribution in [3.8, 4) is 0 Å². The van der Waals surface area contributed by atoms with Gasteiger partial charge in [-0.25, -0.2) is 0 Å². The Balaban J connectivity index is 1.77. The van der Waals surface area contributed by atoms with Crippen molar-refractivity contribution in [3.05, 3.63) is 142 Å². The summed E-state index contributed by atoms with van der Waals surface area (Å²) in [4.78, 5) is 13.2. The molecule has 2 aliphatic rings. The Morgan fingerprint density at radius 3 is 1.72 bits per heavy atom. The molecule has 0 radical (unpaired) electrons. The molecule has 32 heavy (non-hydrogen) atoms. The van der Waals surface area contributed by atoms with Crippen LogP contribution in [0.4, 0.5) is 0 Å². The second-order valence-corrected chi connectivity index (χ2v) is 8.78. The third-order valence-corrected chi connectivity index (χ3v) is 6.78. The Labute approximate surface area is 188 Å². The number of rotatable bonds is 2. The van der Waals surface area contributed by atoms with Gasteiger partial charge in [-0.2, -0.15) is 0 Å². The quantitative estimate of drug-likeness (QED) is 0.413. The normalized spacial score (nSPS) is 18.6. The van der Waals surface area contributed by atoms with Crippen LogP contribution in [0.3, 0.4) is 0 Å². The lowest BCUT2D eigenvalue weighted by Crippen LogP contribution is -2.40. The highest BCUT2D eigenvalue weighted by atomic mass is 16.2. The largest absolute Gasteiger partial charge is 0.334 e. The van der Waals surface area contributed by atoms with Gasteiger partial charge in [0.05, 0.1) is 0 Å². The molecule has 154 valence electrons. The van der Waals surface area contributed by atoms with Gasteiger partial charge in [0.25, 0.3) is 5.91 Å². The Hall–Kier alpha value is -3.91. The lowest BCUT2D eigenvalue weighted by Gasteiger charge is -2.31. The molecule has 2 nitrogen and oxygen atoms in total. The summed E-state index contributed by atoms with van der Waals surface area (Å²) in [6.45, 7) is 4.21. The molecule has 1 unspecified atom stereocenters. The highest BCUT2D eigenvalue weighted by Gasteiger charge is 2.53. The number of hydrogen-bond acceptors (Lipinski definition) is 1. The number of nitrogens with one attached hydrogen (secondary N) is 1. The molecule has 4 aromatic carbocycles. The lowest BCUT2D eigenvalue weighted by molar-refractivity contribution is 0.0952. The zero-order chi connectivity index (χ0) is 21.9. The van der Waals surface area contributed by atoms with E-state index in [9.17, 15) is 4.79 Å². The summed E-state index contributed by atoms with van der Waals surface area (Å²) in [6.07, 6.45) is 0. The third kappa shape index (κ3) is 2.50. The molecule has 6 rings (SSSR count). The molecule has 4 aromatic rings. The number of hydrogen-bond donors (Lipinski definition) is 1. The molecule has 0 fully saturated rings. The molecule has 0 bridgehead atoms. The highest BCUT2D eigenvalue weighted by Crippen LogP contribution is 2.57. The number of carbonyl (C=O) groups is 1. The van der Waals surface area contributed by atoms with E-state index in [2.05, 4.69) is 98.0 Å². The van der Waals surface area contributed by atoms with E-state index in [1.165, 1.54) is 22.3 Å². The van der Waals surface area contributed by atoms with Crippen molar-refractivity contribution in [2.24, 2.45) is 0 Å². The van der Waals surface area contributed by atoms with Crippen LogP contribution in [0.25, 0.3) is 11.1 Å². The Morgan fingerprint density at radius 2 is 1.09 bits per heavy atom. The summed E-state index contributed by atoms with van der Waals surface area (Å²) in [5.74, 6) is -0.0230. The number of fused-ring (bicyclic) bond motifs is 4. The first kappa shape index (κ1) is 18.8. The molecule has 1 aliphatic heterocycles. The van der Waals surface area contributed by atoms with E-state index < -0.39 is 5.54 Å². The van der Waals surface area contributed by atoms with Gasteiger partial charge in [-0.3, -0.25) is 4.79 Å². The van der Waals surface area contributed by atoms with Gasteiger partial charge in [0.15, 0.2) is 0 Å². The molecule has 1 atom stereocenters. The van der Waals surface area contributed by atoms with Crippen molar-refractivity contribution in [2.75, 3.05) is 0 Å². The topological polar surface area (TPSA) is 29.1 Å². The smallest absolute Gasteiger partial charge is 0.252 e. The Bertz CT molecular complexity index is 1410. The maximum atomic E-state index is 13.2. The predicted molar refractivity (Wildman–Crippen MR) is 129 cm³/mol. The van der Waals surface area contributed by atoms with Crippen LogP contribution in [-0.4, -0.2) is 5.91 Å². The van der Waals surface area contributed by atoms with Crippen molar-refractivity contribution in [1.29, 1.82) is 0 Å². The van der Waals surface area contributed by atoms with E-state index in [-0.39, 0.29) is 5.91 Å². The van der Waals surface area contributed by atoms with Gasteiger partial charge in [-0.05, 0) is 53.3 Å². The van der Waals surface area contributed by atoms with Gasteiger partial charge in [0, 0.05) is 11.1 Å². The van der Waals surface area contributed by atoms with E-state index in [0.717, 1.165) is 33.4 Å². The van der Waals surface area contributed by atoms with Gasteiger partial charge in [0.2, 0.25) is 0 Å². The summed E-state index contributed by atoms with van der Waals surface area (Å²) >= 11 is 0. The summed E-state index contributed by atoms with van der Waals surface area (Å²) in [6, 6.07) is 33.8. The zero-order valence-corrected chi connectivity index (χ0v) is 18.1. The number of aryl methyl sites for hydroxylation is 2. The van der Waals surface area contributed by atoms with E-state index >= 15 is 0 Å². The average molecular weight is 414 g/mol. The van der Waals surface area contributed by atoms with Crippen LogP contribution in [0.15, 0.2) is 97.1 Å². The maximum absolute atomic E-state index is 13.2. The fourth-order valence-electron chi connectivity index (χ4n) is 5.31. The average Bonchev–Trinajstić information content (AvgIpc) is 3.28. The van der Waals surface area contributed by atoms with Gasteiger partial charge in [-0.1, -0.05) is 102 Å². The first-order chi connectivity index (χ1) is 15.6. The van der Waals surface area contributed by atoms with Crippen LogP contribution in [0.2, 0.25) is 0 Å². The van der Waals surface area contributed by atoms with Gasteiger partial charge < -0.3 is 5.32 Å².